The van der Waals surface area contributed by atoms with Crippen LogP contribution < -0.4 is 0 Å². The van der Waals surface area contributed by atoms with Crippen LogP contribution in [0, 0.1) is 0 Å². The van der Waals surface area contributed by atoms with Crippen LogP contribution in [0.4, 0.5) is 0 Å². The van der Waals surface area contributed by atoms with Gasteiger partial charge in [-0.05, 0) is 22.9 Å². The maximum absolute atomic E-state index is 4.80. The van der Waals surface area contributed by atoms with Crippen molar-refractivity contribution in [3.8, 4) is 0 Å². The molecule has 116 valence electrons. The second-order valence-electron chi connectivity index (χ2n) is 4.96. The molecule has 0 atom stereocenters. The summed E-state index contributed by atoms with van der Waals surface area (Å²) in [6, 6.07) is 0. The van der Waals surface area contributed by atoms with E-state index < -0.39 is 0 Å². The van der Waals surface area contributed by atoms with Crippen LogP contribution in [0.2, 0.25) is 0 Å². The van der Waals surface area contributed by atoms with Crippen molar-refractivity contribution in [2.75, 3.05) is 13.2 Å². The summed E-state index contributed by atoms with van der Waals surface area (Å²) < 4.78 is 0. The fourth-order valence-electron chi connectivity index (χ4n) is 1.84. The lowest BCUT2D eigenvalue weighted by Crippen LogP contribution is -2.00. The molecule has 0 aromatic carbocycles. The molecule has 0 unspecified atom stereocenters. The maximum Gasteiger partial charge on any atom is 0.0854 e. The van der Waals surface area contributed by atoms with Gasteiger partial charge in [0.25, 0.3) is 0 Å². The Hall–Kier alpha value is -0.160. The van der Waals surface area contributed by atoms with Crippen molar-refractivity contribution in [2.45, 2.75) is 84.5 Å². The summed E-state index contributed by atoms with van der Waals surface area (Å²) >= 11 is 0. The average molecular weight is 276 g/mol. The van der Waals surface area contributed by atoms with Crippen LogP contribution >= 0.6 is 0 Å². The van der Waals surface area contributed by atoms with Crippen LogP contribution in [0.3, 0.4) is 0 Å². The van der Waals surface area contributed by atoms with Crippen molar-refractivity contribution >= 4 is 0 Å². The number of hydrogen-bond acceptors (Lipinski definition) is 4. The van der Waals surface area contributed by atoms with Crippen LogP contribution in [-0.2, 0) is 19.9 Å². The molecule has 0 aliphatic carbocycles. The Kier molecular flexibility index (Phi) is 17.7. The van der Waals surface area contributed by atoms with Gasteiger partial charge in [-0.15, -0.1) is 0 Å². The standard InChI is InChI=1S/C15H32O4/c1-3-5-6-7-8-9-10-11-12-13-15-17-19-18-16-14-4-2/h3-15H2,1-2H3. The van der Waals surface area contributed by atoms with E-state index in [9.17, 15) is 0 Å². The van der Waals surface area contributed by atoms with Gasteiger partial charge in [-0.2, -0.15) is 0 Å². The lowest BCUT2D eigenvalue weighted by molar-refractivity contribution is -0.634. The molecule has 0 fully saturated rings. The molecule has 4 heteroatoms. The molecule has 0 radical (unpaired) electrons. The third-order valence-electron chi connectivity index (χ3n) is 2.99. The third-order valence-corrected chi connectivity index (χ3v) is 2.99. The van der Waals surface area contributed by atoms with Crippen LogP contribution in [0.1, 0.15) is 84.5 Å². The number of rotatable bonds is 16. The van der Waals surface area contributed by atoms with E-state index in [0.29, 0.717) is 13.2 Å². The Morgan fingerprint density at radius 3 is 1.47 bits per heavy atom. The molecule has 0 amide bonds. The summed E-state index contributed by atoms with van der Waals surface area (Å²) in [5.41, 5.74) is 0. The highest BCUT2D eigenvalue weighted by Gasteiger charge is 1.94. The van der Waals surface area contributed by atoms with E-state index in [1.807, 2.05) is 6.92 Å². The van der Waals surface area contributed by atoms with Crippen LogP contribution in [0.5, 0.6) is 0 Å². The fourth-order valence-corrected chi connectivity index (χ4v) is 1.84. The van der Waals surface area contributed by atoms with Gasteiger partial charge in [0.2, 0.25) is 0 Å². The molecule has 0 aliphatic heterocycles. The summed E-state index contributed by atoms with van der Waals surface area (Å²) in [6.45, 7) is 5.33. The van der Waals surface area contributed by atoms with E-state index in [1.165, 1.54) is 57.8 Å². The van der Waals surface area contributed by atoms with Gasteiger partial charge < -0.3 is 0 Å². The lowest BCUT2D eigenvalue weighted by Gasteiger charge is -2.03. The van der Waals surface area contributed by atoms with Crippen molar-refractivity contribution in [1.82, 2.24) is 0 Å². The highest BCUT2D eigenvalue weighted by Crippen LogP contribution is 2.10. The smallest absolute Gasteiger partial charge is 0.0854 e. The van der Waals surface area contributed by atoms with Gasteiger partial charge >= 0.3 is 0 Å². The first-order valence-corrected chi connectivity index (χ1v) is 7.99. The summed E-state index contributed by atoms with van der Waals surface area (Å²) in [6.07, 6.45) is 14.0. The molecule has 0 saturated heterocycles. The molecule has 0 heterocycles. The third kappa shape index (κ3) is 17.8. The Balaban J connectivity index is 2.88. The molecule has 0 N–H and O–H groups in total. The molecular formula is C15H32O4. The van der Waals surface area contributed by atoms with Crippen molar-refractivity contribution in [2.24, 2.45) is 0 Å². The van der Waals surface area contributed by atoms with Crippen molar-refractivity contribution < 1.29 is 19.9 Å². The molecule has 0 spiro atoms. The van der Waals surface area contributed by atoms with Crippen molar-refractivity contribution in [3.05, 3.63) is 0 Å². The zero-order chi connectivity index (χ0) is 14.0. The summed E-state index contributed by atoms with van der Waals surface area (Å²) in [5, 5.41) is 8.74. The number of unbranched alkanes of at least 4 members (excludes halogenated alkanes) is 9. The largest absolute Gasteiger partial charge is 0.204 e. The van der Waals surface area contributed by atoms with E-state index >= 15 is 0 Å². The SMILES string of the molecule is CCCCCCCCCCCCOOOOCCC. The Morgan fingerprint density at radius 1 is 0.474 bits per heavy atom. The second-order valence-corrected chi connectivity index (χ2v) is 4.96. The molecule has 0 bridgehead atoms. The summed E-state index contributed by atoms with van der Waals surface area (Å²) in [5.74, 6) is 0. The highest BCUT2D eigenvalue weighted by molar-refractivity contribution is 4.46. The first-order valence-electron chi connectivity index (χ1n) is 7.99. The normalized spacial score (nSPS) is 11.1. The first-order chi connectivity index (χ1) is 9.41. The maximum atomic E-state index is 4.80. The average Bonchev–Trinajstić information content (AvgIpc) is 2.43. The van der Waals surface area contributed by atoms with E-state index in [4.69, 9.17) is 4.89 Å². The van der Waals surface area contributed by atoms with Gasteiger partial charge in [0.1, 0.15) is 0 Å². The molecule has 0 saturated carbocycles. The van der Waals surface area contributed by atoms with Crippen molar-refractivity contribution in [1.29, 1.82) is 0 Å². The lowest BCUT2D eigenvalue weighted by atomic mass is 10.1. The van der Waals surface area contributed by atoms with E-state index in [0.717, 1.165) is 12.8 Å². The van der Waals surface area contributed by atoms with Crippen LogP contribution in [0.15, 0.2) is 0 Å². The number of hydrogen-bond donors (Lipinski definition) is 0. The minimum Gasteiger partial charge on any atom is -0.204 e. The van der Waals surface area contributed by atoms with Gasteiger partial charge in [-0.3, -0.25) is 0 Å². The van der Waals surface area contributed by atoms with Crippen LogP contribution in [0.25, 0.3) is 0 Å². The Labute approximate surface area is 118 Å². The molecule has 0 aliphatic rings. The summed E-state index contributed by atoms with van der Waals surface area (Å²) in [4.78, 5) is 9.44. The molecule has 0 aromatic heterocycles. The zero-order valence-electron chi connectivity index (χ0n) is 12.8. The molecule has 4 nitrogen and oxygen atoms in total. The highest BCUT2D eigenvalue weighted by atomic mass is 17.7. The molecule has 19 heavy (non-hydrogen) atoms. The first kappa shape index (κ1) is 18.8. The van der Waals surface area contributed by atoms with Gasteiger partial charge in [-0.25, -0.2) is 9.78 Å². The fraction of sp³-hybridized carbons (Fsp3) is 1.00. The zero-order valence-corrected chi connectivity index (χ0v) is 12.8. The van der Waals surface area contributed by atoms with E-state index in [1.54, 1.807) is 0 Å². The molecule has 0 rings (SSSR count). The van der Waals surface area contributed by atoms with Crippen molar-refractivity contribution in [3.63, 3.8) is 0 Å². The van der Waals surface area contributed by atoms with Crippen LogP contribution in [-0.4, -0.2) is 13.2 Å². The second kappa shape index (κ2) is 17.8. The monoisotopic (exact) mass is 276 g/mol. The van der Waals surface area contributed by atoms with Gasteiger partial charge in [0.05, 0.1) is 13.2 Å². The minimum absolute atomic E-state index is 0.515. The predicted molar refractivity (Wildman–Crippen MR) is 76.2 cm³/mol. The van der Waals surface area contributed by atoms with E-state index in [2.05, 4.69) is 21.9 Å². The molecular weight excluding hydrogens is 244 g/mol. The van der Waals surface area contributed by atoms with Gasteiger partial charge in [0.15, 0.2) is 0 Å². The minimum atomic E-state index is 0.515. The quantitative estimate of drug-likeness (QED) is 0.222. The molecule has 0 aromatic rings. The summed E-state index contributed by atoms with van der Waals surface area (Å²) in [7, 11) is 0. The van der Waals surface area contributed by atoms with E-state index in [-0.39, 0.29) is 0 Å². The Morgan fingerprint density at radius 2 is 0.947 bits per heavy atom. The Bertz CT molecular complexity index is 137. The van der Waals surface area contributed by atoms with Gasteiger partial charge in [-0.1, -0.05) is 71.6 Å². The topological polar surface area (TPSA) is 36.9 Å². The van der Waals surface area contributed by atoms with Gasteiger partial charge in [0, 0.05) is 0 Å². The predicted octanol–water partition coefficient (Wildman–Crippen LogP) is 5.13.